The van der Waals surface area contributed by atoms with Crippen molar-refractivity contribution in [1.29, 1.82) is 5.26 Å². The van der Waals surface area contributed by atoms with Gasteiger partial charge in [0.05, 0.1) is 16.8 Å². The molecule has 2 rings (SSSR count). The summed E-state index contributed by atoms with van der Waals surface area (Å²) in [5, 5.41) is 21.6. The molecule has 6 heteroatoms. The van der Waals surface area contributed by atoms with E-state index in [-0.39, 0.29) is 5.56 Å². The summed E-state index contributed by atoms with van der Waals surface area (Å²) < 4.78 is 0.493. The van der Waals surface area contributed by atoms with Gasteiger partial charge in [0.2, 0.25) is 0 Å². The van der Waals surface area contributed by atoms with Gasteiger partial charge in [-0.1, -0.05) is 11.6 Å². The molecule has 4 nitrogen and oxygen atoms in total. The number of carboxylic acid groups (broad SMARTS) is 1. The molecule has 0 aliphatic carbocycles. The third kappa shape index (κ3) is 3.10. The van der Waals surface area contributed by atoms with E-state index in [1.165, 1.54) is 6.07 Å². The van der Waals surface area contributed by atoms with Gasteiger partial charge in [-0.2, -0.15) is 5.26 Å². The van der Waals surface area contributed by atoms with E-state index in [0.29, 0.717) is 26.4 Å². The average molecular weight is 352 g/mol. The zero-order valence-electron chi connectivity index (χ0n) is 10.0. The van der Waals surface area contributed by atoms with Crippen LogP contribution < -0.4 is 5.32 Å². The van der Waals surface area contributed by atoms with Crippen LogP contribution in [0.4, 0.5) is 11.4 Å². The van der Waals surface area contributed by atoms with E-state index in [9.17, 15) is 4.79 Å². The van der Waals surface area contributed by atoms with Crippen molar-refractivity contribution in [2.75, 3.05) is 5.32 Å². The molecule has 2 N–H and O–H groups in total. The van der Waals surface area contributed by atoms with E-state index in [2.05, 4.69) is 21.2 Å². The average Bonchev–Trinajstić information content (AvgIpc) is 2.42. The molecule has 100 valence electrons. The second-order valence-electron chi connectivity index (χ2n) is 3.93. The van der Waals surface area contributed by atoms with Gasteiger partial charge in [-0.05, 0) is 52.3 Å². The quantitative estimate of drug-likeness (QED) is 0.858. The highest BCUT2D eigenvalue weighted by Gasteiger charge is 2.10. The van der Waals surface area contributed by atoms with Crippen molar-refractivity contribution in [1.82, 2.24) is 0 Å². The van der Waals surface area contributed by atoms with Gasteiger partial charge < -0.3 is 10.4 Å². The number of aromatic carboxylic acids is 1. The third-order valence-corrected chi connectivity index (χ3v) is 3.50. The van der Waals surface area contributed by atoms with Crippen LogP contribution in [0.2, 0.25) is 5.02 Å². The van der Waals surface area contributed by atoms with E-state index in [4.69, 9.17) is 22.0 Å². The van der Waals surface area contributed by atoms with Gasteiger partial charge in [0.1, 0.15) is 6.07 Å². The first-order valence-corrected chi connectivity index (χ1v) is 6.68. The van der Waals surface area contributed by atoms with Crippen molar-refractivity contribution < 1.29 is 9.90 Å². The number of nitrogens with zero attached hydrogens (tertiary/aromatic N) is 1. The lowest BCUT2D eigenvalue weighted by atomic mass is 10.1. The summed E-state index contributed by atoms with van der Waals surface area (Å²) >= 11 is 9.00. The van der Waals surface area contributed by atoms with Gasteiger partial charge in [0, 0.05) is 15.2 Å². The summed E-state index contributed by atoms with van der Waals surface area (Å²) in [4.78, 5) is 11.1. The van der Waals surface area contributed by atoms with E-state index in [1.807, 2.05) is 6.07 Å². The number of nitrogens with one attached hydrogen (secondary N) is 1. The van der Waals surface area contributed by atoms with E-state index in [1.54, 1.807) is 30.3 Å². The van der Waals surface area contributed by atoms with Crippen LogP contribution in [0.25, 0.3) is 0 Å². The lowest BCUT2D eigenvalue weighted by Gasteiger charge is -2.10. The maximum absolute atomic E-state index is 11.1. The van der Waals surface area contributed by atoms with Crippen LogP contribution in [0.15, 0.2) is 40.9 Å². The summed E-state index contributed by atoms with van der Waals surface area (Å²) in [7, 11) is 0. The largest absolute Gasteiger partial charge is 0.478 e. The highest BCUT2D eigenvalue weighted by Crippen LogP contribution is 2.26. The Hall–Kier alpha value is -2.03. The monoisotopic (exact) mass is 350 g/mol. The minimum Gasteiger partial charge on any atom is -0.478 e. The fourth-order valence-corrected chi connectivity index (χ4v) is 2.23. The lowest BCUT2D eigenvalue weighted by molar-refractivity contribution is 0.0696. The Balaban J connectivity index is 2.38. The van der Waals surface area contributed by atoms with Crippen molar-refractivity contribution >= 4 is 44.9 Å². The normalized spacial score (nSPS) is 9.85. The molecule has 0 radical (unpaired) electrons. The molecule has 0 amide bonds. The Morgan fingerprint density at radius 3 is 2.70 bits per heavy atom. The van der Waals surface area contributed by atoms with E-state index < -0.39 is 5.97 Å². The first-order chi connectivity index (χ1) is 9.51. The minimum absolute atomic E-state index is 0.141. The molecule has 0 atom stereocenters. The zero-order valence-corrected chi connectivity index (χ0v) is 12.4. The smallest absolute Gasteiger partial charge is 0.336 e. The molecule has 0 saturated carbocycles. The molecule has 0 aliphatic rings. The summed E-state index contributed by atoms with van der Waals surface area (Å²) in [6, 6.07) is 11.7. The summed E-state index contributed by atoms with van der Waals surface area (Å²) in [6.45, 7) is 0. The fourth-order valence-electron chi connectivity index (χ4n) is 1.64. The minimum atomic E-state index is -1.03. The molecular weight excluding hydrogens is 344 g/mol. The summed E-state index contributed by atoms with van der Waals surface area (Å²) in [6.07, 6.45) is 0. The van der Waals surface area contributed by atoms with Crippen LogP contribution in [0.1, 0.15) is 15.9 Å². The zero-order chi connectivity index (χ0) is 14.7. The topological polar surface area (TPSA) is 73.1 Å². The molecule has 0 fully saturated rings. The van der Waals surface area contributed by atoms with Gasteiger partial charge in [-0.3, -0.25) is 0 Å². The standard InChI is InChI=1S/C14H8BrClN2O2/c15-12-3-2-10(6-11(12)14(19)20)18-13-4-1-9(16)5-8(13)7-17/h1-6,18H,(H,19,20). The van der Waals surface area contributed by atoms with Crippen LogP contribution >= 0.6 is 27.5 Å². The number of anilines is 2. The summed E-state index contributed by atoms with van der Waals surface area (Å²) in [5.74, 6) is -1.03. The molecule has 0 heterocycles. The van der Waals surface area contributed by atoms with Crippen LogP contribution in [0, 0.1) is 11.3 Å². The van der Waals surface area contributed by atoms with Crippen LogP contribution in [0.5, 0.6) is 0 Å². The number of hydrogen-bond donors (Lipinski definition) is 2. The molecule has 0 aromatic heterocycles. The first kappa shape index (κ1) is 14.4. The van der Waals surface area contributed by atoms with Crippen LogP contribution in [-0.2, 0) is 0 Å². The number of benzene rings is 2. The first-order valence-electron chi connectivity index (χ1n) is 5.51. The number of hydrogen-bond acceptors (Lipinski definition) is 3. The summed E-state index contributed by atoms with van der Waals surface area (Å²) in [5.41, 5.74) is 1.67. The van der Waals surface area contributed by atoms with Crippen molar-refractivity contribution in [3.63, 3.8) is 0 Å². The van der Waals surface area contributed by atoms with Gasteiger partial charge in [0.15, 0.2) is 0 Å². The Morgan fingerprint density at radius 2 is 2.05 bits per heavy atom. The van der Waals surface area contributed by atoms with Gasteiger partial charge >= 0.3 is 5.97 Å². The van der Waals surface area contributed by atoms with Crippen LogP contribution in [-0.4, -0.2) is 11.1 Å². The Bertz CT molecular complexity index is 726. The maximum Gasteiger partial charge on any atom is 0.336 e. The SMILES string of the molecule is N#Cc1cc(Cl)ccc1Nc1ccc(Br)c(C(=O)O)c1. The predicted molar refractivity (Wildman–Crippen MR) is 80.6 cm³/mol. The van der Waals surface area contributed by atoms with Crippen molar-refractivity contribution in [2.45, 2.75) is 0 Å². The second kappa shape index (κ2) is 5.95. The molecule has 0 saturated heterocycles. The molecule has 0 bridgehead atoms. The molecule has 0 aliphatic heterocycles. The molecule has 20 heavy (non-hydrogen) atoms. The Labute approximate surface area is 128 Å². The number of nitriles is 1. The highest BCUT2D eigenvalue weighted by molar-refractivity contribution is 9.10. The van der Waals surface area contributed by atoms with Crippen LogP contribution in [0.3, 0.4) is 0 Å². The van der Waals surface area contributed by atoms with Crippen molar-refractivity contribution in [3.8, 4) is 6.07 Å². The fraction of sp³-hybridized carbons (Fsp3) is 0. The second-order valence-corrected chi connectivity index (χ2v) is 5.22. The number of rotatable bonds is 3. The van der Waals surface area contributed by atoms with E-state index >= 15 is 0 Å². The number of carbonyl (C=O) groups is 1. The Morgan fingerprint density at radius 1 is 1.30 bits per heavy atom. The van der Waals surface area contributed by atoms with Crippen molar-refractivity contribution in [2.24, 2.45) is 0 Å². The molecule has 0 spiro atoms. The maximum atomic E-state index is 11.1. The van der Waals surface area contributed by atoms with Gasteiger partial charge in [-0.25, -0.2) is 4.79 Å². The predicted octanol–water partition coefficient (Wildman–Crippen LogP) is 4.42. The molecule has 0 unspecified atom stereocenters. The number of halogens is 2. The number of carboxylic acids is 1. The highest BCUT2D eigenvalue weighted by atomic mass is 79.9. The van der Waals surface area contributed by atoms with Gasteiger partial charge in [-0.15, -0.1) is 0 Å². The Kier molecular flexibility index (Phi) is 4.28. The lowest BCUT2D eigenvalue weighted by Crippen LogP contribution is -2.00. The molecular formula is C14H8BrClN2O2. The molecule has 2 aromatic rings. The third-order valence-electron chi connectivity index (χ3n) is 2.58. The van der Waals surface area contributed by atoms with E-state index in [0.717, 1.165) is 0 Å². The van der Waals surface area contributed by atoms with Gasteiger partial charge in [0.25, 0.3) is 0 Å². The van der Waals surface area contributed by atoms with Crippen molar-refractivity contribution in [3.05, 3.63) is 57.0 Å². The molecule has 2 aromatic carbocycles.